The molecule has 0 bridgehead atoms. The number of nitrogens with one attached hydrogen (secondary N) is 1. The van der Waals surface area contributed by atoms with Crippen molar-refractivity contribution < 1.29 is 4.74 Å². The highest BCUT2D eigenvalue weighted by Gasteiger charge is 2.22. The van der Waals surface area contributed by atoms with Gasteiger partial charge in [-0.15, -0.1) is 0 Å². The highest BCUT2D eigenvalue weighted by Crippen LogP contribution is 2.17. The predicted octanol–water partition coefficient (Wildman–Crippen LogP) is 3.68. The first-order chi connectivity index (χ1) is 10.2. The minimum atomic E-state index is 0.576. The van der Waals surface area contributed by atoms with Crippen LogP contribution in [0, 0.1) is 0 Å². The molecule has 3 nitrogen and oxygen atoms in total. The maximum Gasteiger partial charge on any atom is 0.118 e. The fourth-order valence-electron chi connectivity index (χ4n) is 3.04. The summed E-state index contributed by atoms with van der Waals surface area (Å²) in [7, 11) is 3.94. The second kappa shape index (κ2) is 9.80. The molecule has 0 fully saturated rings. The molecular formula is C18H32N2O. The molecule has 1 N–H and O–H groups in total. The molecule has 2 unspecified atom stereocenters. The molecule has 0 saturated carbocycles. The molecule has 0 aliphatic heterocycles. The van der Waals surface area contributed by atoms with Crippen molar-refractivity contribution in [1.82, 2.24) is 10.2 Å². The lowest BCUT2D eigenvalue weighted by atomic mass is 9.99. The topological polar surface area (TPSA) is 24.5 Å². The number of benzene rings is 1. The summed E-state index contributed by atoms with van der Waals surface area (Å²) in [6.45, 7) is 8.76. The van der Waals surface area contributed by atoms with Gasteiger partial charge in [-0.25, -0.2) is 0 Å². The Morgan fingerprint density at radius 1 is 1.14 bits per heavy atom. The molecule has 21 heavy (non-hydrogen) atoms. The Kier molecular flexibility index (Phi) is 8.40. The van der Waals surface area contributed by atoms with Crippen LogP contribution in [-0.2, 0) is 6.54 Å². The van der Waals surface area contributed by atoms with Crippen LogP contribution in [0.15, 0.2) is 24.3 Å². The number of methoxy groups -OCH3 is 1. The molecule has 0 saturated heterocycles. The van der Waals surface area contributed by atoms with Gasteiger partial charge in [0.2, 0.25) is 0 Å². The van der Waals surface area contributed by atoms with Gasteiger partial charge in [0.25, 0.3) is 0 Å². The molecular weight excluding hydrogens is 260 g/mol. The molecule has 0 aromatic heterocycles. The van der Waals surface area contributed by atoms with Gasteiger partial charge in [-0.05, 0) is 44.1 Å². The van der Waals surface area contributed by atoms with Gasteiger partial charge in [-0.2, -0.15) is 0 Å². The zero-order valence-electron chi connectivity index (χ0n) is 14.4. The molecule has 0 heterocycles. The quantitative estimate of drug-likeness (QED) is 0.712. The second-order valence-corrected chi connectivity index (χ2v) is 5.69. The smallest absolute Gasteiger partial charge is 0.118 e. The van der Waals surface area contributed by atoms with Crippen molar-refractivity contribution in [2.75, 3.05) is 20.7 Å². The third-order valence-corrected chi connectivity index (χ3v) is 4.11. The number of rotatable bonds is 10. The molecule has 0 radical (unpaired) electrons. The van der Waals surface area contributed by atoms with E-state index in [-0.39, 0.29) is 0 Å². The fourth-order valence-corrected chi connectivity index (χ4v) is 3.04. The standard InChI is InChI=1S/C18H32N2O/c1-6-9-17(19-8-3)18(7-2)20(4)14-15-10-12-16(21-5)13-11-15/h10-13,17-19H,6-9,14H2,1-5H3. The van der Waals surface area contributed by atoms with Crippen LogP contribution in [0.4, 0.5) is 0 Å². The summed E-state index contributed by atoms with van der Waals surface area (Å²) in [4.78, 5) is 2.48. The molecule has 1 rings (SSSR count). The van der Waals surface area contributed by atoms with Crippen LogP contribution < -0.4 is 10.1 Å². The van der Waals surface area contributed by atoms with Crippen molar-refractivity contribution in [3.8, 4) is 5.75 Å². The van der Waals surface area contributed by atoms with Gasteiger partial charge in [-0.3, -0.25) is 4.90 Å². The average molecular weight is 292 g/mol. The highest BCUT2D eigenvalue weighted by molar-refractivity contribution is 5.27. The lowest BCUT2D eigenvalue weighted by Gasteiger charge is -2.34. The molecule has 1 aromatic carbocycles. The summed E-state index contributed by atoms with van der Waals surface area (Å²) in [5.74, 6) is 0.921. The molecule has 0 amide bonds. The van der Waals surface area contributed by atoms with Crippen molar-refractivity contribution in [1.29, 1.82) is 0 Å². The van der Waals surface area contributed by atoms with Gasteiger partial charge in [-0.1, -0.05) is 39.3 Å². The Morgan fingerprint density at radius 2 is 1.81 bits per heavy atom. The minimum absolute atomic E-state index is 0.576. The van der Waals surface area contributed by atoms with Crippen molar-refractivity contribution in [3.63, 3.8) is 0 Å². The Labute approximate surface area is 130 Å². The van der Waals surface area contributed by atoms with Gasteiger partial charge >= 0.3 is 0 Å². The van der Waals surface area contributed by atoms with Crippen LogP contribution in [-0.4, -0.2) is 37.7 Å². The summed E-state index contributed by atoms with van der Waals surface area (Å²) in [5.41, 5.74) is 1.34. The van der Waals surface area contributed by atoms with E-state index >= 15 is 0 Å². The van der Waals surface area contributed by atoms with Gasteiger partial charge in [0, 0.05) is 18.6 Å². The summed E-state index contributed by atoms with van der Waals surface area (Å²) in [6, 6.07) is 9.55. The third-order valence-electron chi connectivity index (χ3n) is 4.11. The van der Waals surface area contributed by atoms with Crippen molar-refractivity contribution in [3.05, 3.63) is 29.8 Å². The van der Waals surface area contributed by atoms with E-state index in [1.165, 1.54) is 24.8 Å². The van der Waals surface area contributed by atoms with E-state index in [4.69, 9.17) is 4.74 Å². The maximum atomic E-state index is 5.22. The van der Waals surface area contributed by atoms with E-state index in [0.717, 1.165) is 18.8 Å². The molecule has 1 aromatic rings. The average Bonchev–Trinajstić information content (AvgIpc) is 2.49. The minimum Gasteiger partial charge on any atom is -0.497 e. The Hall–Kier alpha value is -1.06. The van der Waals surface area contributed by atoms with Crippen LogP contribution in [0.25, 0.3) is 0 Å². The van der Waals surface area contributed by atoms with Crippen LogP contribution in [0.1, 0.15) is 45.6 Å². The number of nitrogens with zero attached hydrogens (tertiary/aromatic N) is 1. The molecule has 0 spiro atoms. The first kappa shape index (κ1) is 18.0. The van der Waals surface area contributed by atoms with Gasteiger partial charge < -0.3 is 10.1 Å². The first-order valence-electron chi connectivity index (χ1n) is 8.22. The Balaban J connectivity index is 2.69. The zero-order valence-corrected chi connectivity index (χ0v) is 14.4. The van der Waals surface area contributed by atoms with Crippen molar-refractivity contribution in [2.45, 2.75) is 58.7 Å². The zero-order chi connectivity index (χ0) is 15.7. The maximum absolute atomic E-state index is 5.22. The van der Waals surface area contributed by atoms with E-state index in [2.05, 4.69) is 50.2 Å². The molecule has 3 heteroatoms. The molecule has 2 atom stereocenters. The summed E-state index contributed by atoms with van der Waals surface area (Å²) >= 11 is 0. The summed E-state index contributed by atoms with van der Waals surface area (Å²) in [6.07, 6.45) is 3.63. The Morgan fingerprint density at radius 3 is 2.29 bits per heavy atom. The van der Waals surface area contributed by atoms with Gasteiger partial charge in [0.05, 0.1) is 7.11 Å². The monoisotopic (exact) mass is 292 g/mol. The van der Waals surface area contributed by atoms with Crippen LogP contribution >= 0.6 is 0 Å². The van der Waals surface area contributed by atoms with E-state index in [0.29, 0.717) is 12.1 Å². The van der Waals surface area contributed by atoms with Crippen LogP contribution in [0.5, 0.6) is 5.75 Å². The third kappa shape index (κ3) is 5.68. The van der Waals surface area contributed by atoms with Crippen molar-refractivity contribution in [2.24, 2.45) is 0 Å². The first-order valence-corrected chi connectivity index (χ1v) is 8.22. The van der Waals surface area contributed by atoms with Crippen LogP contribution in [0.3, 0.4) is 0 Å². The number of likely N-dealkylation sites (N-methyl/N-ethyl adjacent to an activating group) is 2. The SMILES string of the molecule is CCCC(NCC)C(CC)N(C)Cc1ccc(OC)cc1. The Bertz CT molecular complexity index is 371. The summed E-state index contributed by atoms with van der Waals surface area (Å²) < 4.78 is 5.22. The van der Waals surface area contributed by atoms with E-state index < -0.39 is 0 Å². The lowest BCUT2D eigenvalue weighted by Crippen LogP contribution is -2.48. The molecule has 0 aliphatic carbocycles. The highest BCUT2D eigenvalue weighted by atomic mass is 16.5. The number of hydrogen-bond acceptors (Lipinski definition) is 3. The number of ether oxygens (including phenoxy) is 1. The van der Waals surface area contributed by atoms with Crippen LogP contribution in [0.2, 0.25) is 0 Å². The lowest BCUT2D eigenvalue weighted by molar-refractivity contribution is 0.173. The second-order valence-electron chi connectivity index (χ2n) is 5.69. The van der Waals surface area contributed by atoms with E-state index in [1.54, 1.807) is 7.11 Å². The van der Waals surface area contributed by atoms with Gasteiger partial charge in [0.15, 0.2) is 0 Å². The fraction of sp³-hybridized carbons (Fsp3) is 0.667. The predicted molar refractivity (Wildman–Crippen MR) is 90.9 cm³/mol. The summed E-state index contributed by atoms with van der Waals surface area (Å²) in [5, 5.41) is 3.66. The normalized spacial score (nSPS) is 14.2. The van der Waals surface area contributed by atoms with Crippen molar-refractivity contribution >= 4 is 0 Å². The van der Waals surface area contributed by atoms with E-state index in [1.807, 2.05) is 12.1 Å². The molecule has 120 valence electrons. The number of hydrogen-bond donors (Lipinski definition) is 1. The van der Waals surface area contributed by atoms with Gasteiger partial charge in [0.1, 0.15) is 5.75 Å². The molecule has 0 aliphatic rings. The van der Waals surface area contributed by atoms with E-state index in [9.17, 15) is 0 Å². The largest absolute Gasteiger partial charge is 0.497 e.